The van der Waals surface area contributed by atoms with Gasteiger partial charge in [0.05, 0.1) is 38.8 Å². The number of benzene rings is 2. The fourth-order valence-electron chi connectivity index (χ4n) is 3.08. The number of aliphatic imine (C=N–C) groups is 1. The van der Waals surface area contributed by atoms with Crippen molar-refractivity contribution in [2.24, 2.45) is 4.99 Å². The van der Waals surface area contributed by atoms with Crippen LogP contribution in [0.3, 0.4) is 0 Å². The molecule has 1 aliphatic rings. The zero-order valence-electron chi connectivity index (χ0n) is 16.9. The number of esters is 1. The standard InChI is InChI=1S/C23H25NO4S/c1-26-13-21(23(25)28-3)19-7-5-4-6-17(19)14-29-15-24-22-11-10-18(27-2)12-20(22)16-8-9-16/h4-7,10-13,15-16H,8-9,14H2,1-3H3/b21-13+,24-15?. The molecule has 1 saturated carbocycles. The Labute approximate surface area is 175 Å². The molecule has 2 aromatic rings. The minimum Gasteiger partial charge on any atom is -0.503 e. The largest absolute Gasteiger partial charge is 0.503 e. The second kappa shape index (κ2) is 10.2. The second-order valence-electron chi connectivity index (χ2n) is 6.66. The number of carbonyl (C=O) groups is 1. The Morgan fingerprint density at radius 1 is 1.17 bits per heavy atom. The summed E-state index contributed by atoms with van der Waals surface area (Å²) in [5, 5.41) is 0. The van der Waals surface area contributed by atoms with E-state index in [2.05, 4.69) is 11.1 Å². The fourth-order valence-corrected chi connectivity index (χ4v) is 3.77. The zero-order chi connectivity index (χ0) is 20.6. The van der Waals surface area contributed by atoms with Crippen LogP contribution in [0.4, 0.5) is 5.69 Å². The highest BCUT2D eigenvalue weighted by molar-refractivity contribution is 8.11. The van der Waals surface area contributed by atoms with Crippen molar-refractivity contribution < 1.29 is 19.0 Å². The van der Waals surface area contributed by atoms with Crippen molar-refractivity contribution in [3.63, 3.8) is 0 Å². The molecule has 3 rings (SSSR count). The number of nitrogens with zero attached hydrogens (tertiary/aromatic N) is 1. The van der Waals surface area contributed by atoms with Gasteiger partial charge in [0.2, 0.25) is 0 Å². The van der Waals surface area contributed by atoms with Crippen molar-refractivity contribution in [2.45, 2.75) is 24.5 Å². The molecule has 0 unspecified atom stereocenters. The first-order valence-electron chi connectivity index (χ1n) is 9.39. The highest BCUT2D eigenvalue weighted by Crippen LogP contribution is 2.45. The highest BCUT2D eigenvalue weighted by Gasteiger charge is 2.26. The van der Waals surface area contributed by atoms with E-state index in [1.54, 1.807) is 18.9 Å². The maximum atomic E-state index is 12.1. The topological polar surface area (TPSA) is 57.1 Å². The minimum absolute atomic E-state index is 0.398. The van der Waals surface area contributed by atoms with Crippen molar-refractivity contribution in [2.75, 3.05) is 21.3 Å². The van der Waals surface area contributed by atoms with Gasteiger partial charge in [-0.1, -0.05) is 24.3 Å². The summed E-state index contributed by atoms with van der Waals surface area (Å²) < 4.78 is 15.3. The van der Waals surface area contributed by atoms with Crippen molar-refractivity contribution in [3.05, 3.63) is 65.4 Å². The summed E-state index contributed by atoms with van der Waals surface area (Å²) in [4.78, 5) is 16.8. The van der Waals surface area contributed by atoms with Gasteiger partial charge in [0, 0.05) is 5.75 Å². The van der Waals surface area contributed by atoms with Gasteiger partial charge in [0.1, 0.15) is 11.3 Å². The monoisotopic (exact) mass is 411 g/mol. The van der Waals surface area contributed by atoms with Crippen LogP contribution >= 0.6 is 11.8 Å². The summed E-state index contributed by atoms with van der Waals surface area (Å²) >= 11 is 1.58. The van der Waals surface area contributed by atoms with Crippen molar-refractivity contribution >= 4 is 34.5 Å². The zero-order valence-corrected chi connectivity index (χ0v) is 17.7. The van der Waals surface area contributed by atoms with Crippen LogP contribution in [0.25, 0.3) is 5.57 Å². The lowest BCUT2D eigenvalue weighted by atomic mass is 10.0. The van der Waals surface area contributed by atoms with Crippen LogP contribution in [0.1, 0.15) is 35.4 Å². The molecule has 0 aliphatic heterocycles. The Balaban J connectivity index is 1.73. The molecule has 6 heteroatoms. The molecular formula is C23H25NO4S. The van der Waals surface area contributed by atoms with E-state index in [9.17, 15) is 4.79 Å². The quantitative estimate of drug-likeness (QED) is 0.184. The predicted molar refractivity (Wildman–Crippen MR) is 118 cm³/mol. The van der Waals surface area contributed by atoms with Gasteiger partial charge in [-0.2, -0.15) is 0 Å². The summed E-state index contributed by atoms with van der Waals surface area (Å²) in [5.74, 6) is 1.70. The Morgan fingerprint density at radius 3 is 2.66 bits per heavy atom. The molecule has 0 N–H and O–H groups in total. The van der Waals surface area contributed by atoms with Crippen LogP contribution in [0.2, 0.25) is 0 Å². The van der Waals surface area contributed by atoms with E-state index in [0.29, 0.717) is 17.2 Å². The van der Waals surface area contributed by atoms with E-state index in [1.807, 2.05) is 41.9 Å². The first-order chi connectivity index (χ1) is 14.2. The van der Waals surface area contributed by atoms with Crippen LogP contribution in [-0.2, 0) is 20.0 Å². The minimum atomic E-state index is -0.426. The number of methoxy groups -OCH3 is 3. The molecule has 0 aromatic heterocycles. The van der Waals surface area contributed by atoms with E-state index in [1.165, 1.54) is 38.9 Å². The molecule has 0 atom stereocenters. The molecule has 5 nitrogen and oxygen atoms in total. The first kappa shape index (κ1) is 21.0. The lowest BCUT2D eigenvalue weighted by molar-refractivity contribution is -0.133. The molecule has 1 fully saturated rings. The summed E-state index contributed by atoms with van der Waals surface area (Å²) in [6, 6.07) is 13.8. The number of thioether (sulfide) groups is 1. The summed E-state index contributed by atoms with van der Waals surface area (Å²) in [5.41, 5.74) is 6.30. The maximum absolute atomic E-state index is 12.1. The Morgan fingerprint density at radius 2 is 1.97 bits per heavy atom. The first-order valence-corrected chi connectivity index (χ1v) is 10.4. The maximum Gasteiger partial charge on any atom is 0.341 e. The van der Waals surface area contributed by atoms with Crippen LogP contribution in [0.15, 0.2) is 53.7 Å². The smallest absolute Gasteiger partial charge is 0.341 e. The predicted octanol–water partition coefficient (Wildman–Crippen LogP) is 5.33. The number of ether oxygens (including phenoxy) is 3. The average Bonchev–Trinajstić information content (AvgIpc) is 3.60. The number of carbonyl (C=O) groups excluding carboxylic acids is 1. The summed E-state index contributed by atoms with van der Waals surface area (Å²) in [6.45, 7) is 0. The number of hydrogen-bond donors (Lipinski definition) is 0. The molecule has 0 amide bonds. The highest BCUT2D eigenvalue weighted by atomic mass is 32.2. The lowest BCUT2D eigenvalue weighted by Gasteiger charge is -2.10. The van der Waals surface area contributed by atoms with E-state index >= 15 is 0 Å². The van der Waals surface area contributed by atoms with E-state index in [-0.39, 0.29) is 0 Å². The van der Waals surface area contributed by atoms with Gasteiger partial charge in [-0.25, -0.2) is 9.79 Å². The third-order valence-electron chi connectivity index (χ3n) is 4.71. The van der Waals surface area contributed by atoms with Crippen LogP contribution in [-0.4, -0.2) is 32.8 Å². The van der Waals surface area contributed by atoms with Crippen LogP contribution in [0, 0.1) is 0 Å². The van der Waals surface area contributed by atoms with E-state index in [0.717, 1.165) is 22.6 Å². The molecule has 0 radical (unpaired) electrons. The van der Waals surface area contributed by atoms with Gasteiger partial charge in [0.15, 0.2) is 0 Å². The van der Waals surface area contributed by atoms with E-state index < -0.39 is 5.97 Å². The van der Waals surface area contributed by atoms with Crippen molar-refractivity contribution in [3.8, 4) is 5.75 Å². The lowest BCUT2D eigenvalue weighted by Crippen LogP contribution is -2.06. The molecule has 2 aromatic carbocycles. The van der Waals surface area contributed by atoms with Gasteiger partial charge < -0.3 is 14.2 Å². The third kappa shape index (κ3) is 5.41. The fraction of sp³-hybridized carbons (Fsp3) is 0.304. The van der Waals surface area contributed by atoms with Crippen molar-refractivity contribution in [1.29, 1.82) is 0 Å². The average molecular weight is 412 g/mol. The Hall–Kier alpha value is -2.73. The molecule has 0 heterocycles. The van der Waals surface area contributed by atoms with E-state index in [4.69, 9.17) is 14.2 Å². The summed E-state index contributed by atoms with van der Waals surface area (Å²) in [6.07, 6.45) is 3.83. The Bertz CT molecular complexity index is 919. The Kier molecular flexibility index (Phi) is 7.36. The number of rotatable bonds is 9. The third-order valence-corrected chi connectivity index (χ3v) is 5.44. The normalized spacial score (nSPS) is 14.1. The molecule has 0 saturated heterocycles. The van der Waals surface area contributed by atoms with Gasteiger partial charge in [-0.15, -0.1) is 11.8 Å². The number of hydrogen-bond acceptors (Lipinski definition) is 6. The van der Waals surface area contributed by atoms with Crippen LogP contribution in [0.5, 0.6) is 5.75 Å². The van der Waals surface area contributed by atoms with Gasteiger partial charge in [-0.3, -0.25) is 0 Å². The SMILES string of the molecule is CO/C=C(/C(=O)OC)c1ccccc1CSC=Nc1ccc(OC)cc1C1CC1. The molecule has 152 valence electrons. The van der Waals surface area contributed by atoms with Crippen LogP contribution < -0.4 is 4.74 Å². The summed E-state index contributed by atoms with van der Waals surface area (Å²) in [7, 11) is 4.56. The molecule has 29 heavy (non-hydrogen) atoms. The molecule has 0 bridgehead atoms. The molecule has 1 aliphatic carbocycles. The van der Waals surface area contributed by atoms with Gasteiger partial charge >= 0.3 is 5.97 Å². The second-order valence-corrected chi connectivity index (χ2v) is 7.49. The van der Waals surface area contributed by atoms with Gasteiger partial charge in [-0.05, 0) is 53.6 Å². The van der Waals surface area contributed by atoms with Crippen molar-refractivity contribution in [1.82, 2.24) is 0 Å². The molecular weight excluding hydrogens is 386 g/mol. The molecule has 0 spiro atoms. The van der Waals surface area contributed by atoms with Gasteiger partial charge in [0.25, 0.3) is 0 Å².